The summed E-state index contributed by atoms with van der Waals surface area (Å²) in [5, 5.41) is 0.0220. The van der Waals surface area contributed by atoms with Crippen LogP contribution in [0.5, 0.6) is 5.75 Å². The lowest BCUT2D eigenvalue weighted by atomic mass is 9.68. The van der Waals surface area contributed by atoms with E-state index in [1.807, 2.05) is 0 Å². The molecule has 2 fully saturated rings. The molecule has 192 valence electrons. The van der Waals surface area contributed by atoms with E-state index in [1.54, 1.807) is 7.11 Å². The Kier molecular flexibility index (Phi) is 7.85. The molecule has 4 heteroatoms. The first kappa shape index (κ1) is 26.4. The van der Waals surface area contributed by atoms with Gasteiger partial charge in [0.05, 0.1) is 7.11 Å². The summed E-state index contributed by atoms with van der Waals surface area (Å²) in [6.07, 6.45) is 9.94. The molecule has 1 saturated heterocycles. The van der Waals surface area contributed by atoms with Crippen LogP contribution in [-0.4, -0.2) is 44.8 Å². The number of hydrogen-bond acceptors (Lipinski definition) is 3. The van der Waals surface area contributed by atoms with Gasteiger partial charge in [-0.1, -0.05) is 69.2 Å². The molecule has 2 aromatic carbocycles. The molecule has 0 unspecified atom stereocenters. The molecular formula is C31H47NO2Si. The zero-order chi connectivity index (χ0) is 25.2. The van der Waals surface area contributed by atoms with Gasteiger partial charge in [-0.3, -0.25) is 0 Å². The standard InChI is InChI=1S/C31H47NO2Si/c1-29(2,35(4,5)33)19-20-30(26-11-7-6-8-12-26)21-23-32(24-22-30)25-31(17-9-10-18-31)27-13-15-28(34-3)16-14-27/h6-8,11-16,33H,9-10,17-25H2,1-5H3. The number of methoxy groups -OCH3 is 1. The first-order chi connectivity index (χ1) is 16.6. The fourth-order valence-corrected chi connectivity index (χ4v) is 7.17. The molecule has 3 nitrogen and oxygen atoms in total. The number of hydrogen-bond donors (Lipinski definition) is 1. The lowest BCUT2D eigenvalue weighted by molar-refractivity contribution is 0.119. The van der Waals surface area contributed by atoms with Gasteiger partial charge in [-0.05, 0) is 98.4 Å². The lowest BCUT2D eigenvalue weighted by Gasteiger charge is -2.47. The van der Waals surface area contributed by atoms with E-state index < -0.39 is 8.32 Å². The molecule has 4 rings (SSSR count). The summed E-state index contributed by atoms with van der Waals surface area (Å²) in [5.74, 6) is 0.949. The van der Waals surface area contributed by atoms with E-state index in [0.29, 0.717) is 0 Å². The smallest absolute Gasteiger partial charge is 0.188 e. The third-order valence-corrected chi connectivity index (χ3v) is 13.4. The molecular weight excluding hydrogens is 446 g/mol. The van der Waals surface area contributed by atoms with Crippen LogP contribution in [0, 0.1) is 0 Å². The molecule has 1 N–H and O–H groups in total. The van der Waals surface area contributed by atoms with Crippen molar-refractivity contribution in [1.29, 1.82) is 0 Å². The van der Waals surface area contributed by atoms with Crippen molar-refractivity contribution in [2.24, 2.45) is 0 Å². The van der Waals surface area contributed by atoms with Crippen LogP contribution >= 0.6 is 0 Å². The van der Waals surface area contributed by atoms with E-state index in [4.69, 9.17) is 4.74 Å². The van der Waals surface area contributed by atoms with Crippen molar-refractivity contribution in [3.8, 4) is 5.75 Å². The first-order valence-corrected chi connectivity index (χ1v) is 16.7. The zero-order valence-electron chi connectivity index (χ0n) is 22.8. The van der Waals surface area contributed by atoms with E-state index in [-0.39, 0.29) is 15.9 Å². The van der Waals surface area contributed by atoms with Gasteiger partial charge in [0.15, 0.2) is 8.32 Å². The molecule has 0 spiro atoms. The number of ether oxygens (including phenoxy) is 1. The Hall–Kier alpha value is -1.62. The van der Waals surface area contributed by atoms with Crippen molar-refractivity contribution < 1.29 is 9.53 Å². The predicted molar refractivity (Wildman–Crippen MR) is 150 cm³/mol. The van der Waals surface area contributed by atoms with Crippen LogP contribution in [0.15, 0.2) is 54.6 Å². The maximum absolute atomic E-state index is 10.9. The van der Waals surface area contributed by atoms with Crippen molar-refractivity contribution in [1.82, 2.24) is 4.90 Å². The van der Waals surface area contributed by atoms with Crippen LogP contribution in [0.1, 0.15) is 76.3 Å². The number of nitrogens with zero attached hydrogens (tertiary/aromatic N) is 1. The minimum Gasteiger partial charge on any atom is -0.497 e. The Morgan fingerprint density at radius 3 is 1.97 bits per heavy atom. The average Bonchev–Trinajstić information content (AvgIpc) is 3.33. The predicted octanol–water partition coefficient (Wildman–Crippen LogP) is 7.30. The monoisotopic (exact) mass is 493 g/mol. The quantitative estimate of drug-likeness (QED) is 0.372. The second-order valence-corrected chi connectivity index (χ2v) is 17.1. The van der Waals surface area contributed by atoms with Gasteiger partial charge in [0.25, 0.3) is 0 Å². The van der Waals surface area contributed by atoms with Crippen molar-refractivity contribution in [2.75, 3.05) is 26.7 Å². The van der Waals surface area contributed by atoms with Gasteiger partial charge in [0, 0.05) is 12.0 Å². The van der Waals surface area contributed by atoms with Gasteiger partial charge in [-0.15, -0.1) is 0 Å². The Morgan fingerprint density at radius 1 is 0.857 bits per heavy atom. The third-order valence-electron chi connectivity index (χ3n) is 9.87. The van der Waals surface area contributed by atoms with Gasteiger partial charge in [-0.25, -0.2) is 0 Å². The highest BCUT2D eigenvalue weighted by molar-refractivity contribution is 6.72. The van der Waals surface area contributed by atoms with Gasteiger partial charge in [-0.2, -0.15) is 0 Å². The lowest BCUT2D eigenvalue weighted by Crippen LogP contribution is -2.48. The number of piperidine rings is 1. The van der Waals surface area contributed by atoms with Gasteiger partial charge >= 0.3 is 0 Å². The van der Waals surface area contributed by atoms with Crippen molar-refractivity contribution in [3.05, 3.63) is 65.7 Å². The molecule has 0 radical (unpaired) electrons. The summed E-state index contributed by atoms with van der Waals surface area (Å²) < 4.78 is 5.42. The summed E-state index contributed by atoms with van der Waals surface area (Å²) >= 11 is 0. The molecule has 1 aliphatic carbocycles. The Bertz CT molecular complexity index is 934. The maximum Gasteiger partial charge on any atom is 0.188 e. The highest BCUT2D eigenvalue weighted by Gasteiger charge is 2.44. The summed E-state index contributed by atoms with van der Waals surface area (Å²) in [7, 11) is -0.467. The number of likely N-dealkylation sites (tertiary alicyclic amines) is 1. The van der Waals surface area contributed by atoms with E-state index in [1.165, 1.54) is 62.6 Å². The Morgan fingerprint density at radius 2 is 1.43 bits per heavy atom. The van der Waals surface area contributed by atoms with Crippen molar-refractivity contribution >= 4 is 8.32 Å². The van der Waals surface area contributed by atoms with Gasteiger partial charge in [0.2, 0.25) is 0 Å². The molecule has 2 aliphatic rings. The largest absolute Gasteiger partial charge is 0.497 e. The summed E-state index contributed by atoms with van der Waals surface area (Å²) in [4.78, 5) is 13.7. The molecule has 1 saturated carbocycles. The van der Waals surface area contributed by atoms with Crippen LogP contribution in [0.25, 0.3) is 0 Å². The minimum absolute atomic E-state index is 0.0220. The highest BCUT2D eigenvalue weighted by atomic mass is 28.4. The van der Waals surface area contributed by atoms with Gasteiger partial charge < -0.3 is 14.4 Å². The van der Waals surface area contributed by atoms with Crippen LogP contribution in [0.4, 0.5) is 0 Å². The topological polar surface area (TPSA) is 32.7 Å². The van der Waals surface area contributed by atoms with E-state index in [2.05, 4.69) is 86.4 Å². The fraction of sp³-hybridized carbons (Fsp3) is 0.613. The highest BCUT2D eigenvalue weighted by Crippen LogP contribution is 2.48. The molecule has 2 aromatic rings. The van der Waals surface area contributed by atoms with E-state index in [9.17, 15) is 4.80 Å². The average molecular weight is 494 g/mol. The summed E-state index contributed by atoms with van der Waals surface area (Å²) in [6.45, 7) is 12.3. The molecule has 1 heterocycles. The van der Waals surface area contributed by atoms with Crippen LogP contribution in [0.3, 0.4) is 0 Å². The number of benzene rings is 2. The van der Waals surface area contributed by atoms with Crippen molar-refractivity contribution in [3.63, 3.8) is 0 Å². The Balaban J connectivity index is 1.50. The molecule has 1 aliphatic heterocycles. The van der Waals surface area contributed by atoms with Crippen molar-refractivity contribution in [2.45, 2.75) is 94.2 Å². The second kappa shape index (κ2) is 10.4. The second-order valence-electron chi connectivity index (χ2n) is 12.6. The maximum atomic E-state index is 10.9. The minimum atomic E-state index is -2.22. The van der Waals surface area contributed by atoms with E-state index in [0.717, 1.165) is 25.3 Å². The third kappa shape index (κ3) is 5.70. The normalized spacial score (nSPS) is 20.6. The van der Waals surface area contributed by atoms with Crippen LogP contribution in [-0.2, 0) is 10.8 Å². The molecule has 0 amide bonds. The number of rotatable bonds is 9. The SMILES string of the molecule is COc1ccc(C2(CN3CCC(CCC(C)(C)[Si](C)(C)O)(c4ccccc4)CC3)CCCC2)cc1. The Labute approximate surface area is 215 Å². The molecule has 0 atom stereocenters. The van der Waals surface area contributed by atoms with Crippen LogP contribution < -0.4 is 4.74 Å². The summed E-state index contributed by atoms with van der Waals surface area (Å²) in [5.41, 5.74) is 3.50. The zero-order valence-corrected chi connectivity index (χ0v) is 23.8. The summed E-state index contributed by atoms with van der Waals surface area (Å²) in [6, 6.07) is 20.1. The van der Waals surface area contributed by atoms with Gasteiger partial charge in [0.1, 0.15) is 5.75 Å². The van der Waals surface area contributed by atoms with E-state index >= 15 is 0 Å². The molecule has 0 bridgehead atoms. The molecule has 0 aromatic heterocycles. The molecule has 35 heavy (non-hydrogen) atoms. The fourth-order valence-electron chi connectivity index (χ4n) is 6.43. The van der Waals surface area contributed by atoms with Crippen LogP contribution in [0.2, 0.25) is 18.1 Å². The first-order valence-electron chi connectivity index (χ1n) is 13.7.